The molecule has 0 bridgehead atoms. The Bertz CT molecular complexity index is 957. The van der Waals surface area contributed by atoms with Crippen molar-refractivity contribution < 1.29 is 13.2 Å². The van der Waals surface area contributed by atoms with Crippen LogP contribution in [-0.2, 0) is 10.0 Å². The van der Waals surface area contributed by atoms with Crippen LogP contribution in [0.25, 0.3) is 0 Å². The second-order valence-corrected chi connectivity index (χ2v) is 9.24. The van der Waals surface area contributed by atoms with E-state index in [1.165, 1.54) is 24.3 Å². The molecule has 2 aromatic carbocycles. The van der Waals surface area contributed by atoms with Gasteiger partial charge in [0.1, 0.15) is 0 Å². The van der Waals surface area contributed by atoms with Gasteiger partial charge in [-0.2, -0.15) is 0 Å². The average Bonchev–Trinajstić information content (AvgIpc) is 3.43. The average molecular weight is 427 g/mol. The normalized spacial score (nSPS) is 15.4. The van der Waals surface area contributed by atoms with Crippen LogP contribution in [0.5, 0.6) is 0 Å². The number of sulfonamides is 1. The van der Waals surface area contributed by atoms with E-state index in [1.54, 1.807) is 30.1 Å². The second kappa shape index (κ2) is 7.80. The third-order valence-corrected chi connectivity index (χ3v) is 6.72. The number of nitrogens with zero attached hydrogens (tertiary/aromatic N) is 1. The molecule has 0 spiro atoms. The molecule has 1 fully saturated rings. The molecule has 5 nitrogen and oxygen atoms in total. The summed E-state index contributed by atoms with van der Waals surface area (Å²) in [4.78, 5) is 14.5. The van der Waals surface area contributed by atoms with Crippen LogP contribution in [0, 0.1) is 0 Å². The summed E-state index contributed by atoms with van der Waals surface area (Å²) in [6.07, 6.45) is 1.73. The fourth-order valence-corrected chi connectivity index (χ4v) is 4.57. The number of hydrogen-bond donors (Lipinski definition) is 1. The molecule has 3 rings (SSSR count). The van der Waals surface area contributed by atoms with Crippen LogP contribution in [0.4, 0.5) is 0 Å². The zero-order valence-electron chi connectivity index (χ0n) is 14.9. The molecule has 1 aliphatic carbocycles. The van der Waals surface area contributed by atoms with Crippen molar-refractivity contribution in [1.82, 2.24) is 9.62 Å². The SMILES string of the molecule is CC(c1ccc(Cl)cc1Cl)N(C)C(=O)c1ccc(S(=O)(=O)NC2CC2)cc1. The molecule has 1 atom stereocenters. The van der Waals surface area contributed by atoms with Gasteiger partial charge in [-0.3, -0.25) is 4.79 Å². The highest BCUT2D eigenvalue weighted by atomic mass is 35.5. The Kier molecular flexibility index (Phi) is 5.82. The molecule has 2 aromatic rings. The van der Waals surface area contributed by atoms with Crippen molar-refractivity contribution in [2.45, 2.75) is 36.7 Å². The van der Waals surface area contributed by atoms with Gasteiger partial charge in [-0.25, -0.2) is 13.1 Å². The number of amides is 1. The Morgan fingerprint density at radius 2 is 1.78 bits per heavy atom. The monoisotopic (exact) mass is 426 g/mol. The Hall–Kier alpha value is -1.60. The summed E-state index contributed by atoms with van der Waals surface area (Å²) in [7, 11) is -1.86. The number of carbonyl (C=O) groups excluding carboxylic acids is 1. The van der Waals surface area contributed by atoms with Gasteiger partial charge in [-0.1, -0.05) is 29.3 Å². The van der Waals surface area contributed by atoms with E-state index in [-0.39, 0.29) is 22.9 Å². The maximum Gasteiger partial charge on any atom is 0.254 e. The summed E-state index contributed by atoms with van der Waals surface area (Å²) in [5.74, 6) is -0.229. The van der Waals surface area contributed by atoms with Crippen LogP contribution < -0.4 is 4.72 Å². The maximum absolute atomic E-state index is 12.8. The summed E-state index contributed by atoms with van der Waals surface area (Å²) < 4.78 is 27.1. The number of benzene rings is 2. The highest BCUT2D eigenvalue weighted by Gasteiger charge is 2.28. The first-order valence-corrected chi connectivity index (χ1v) is 10.8. The Labute approximate surface area is 169 Å². The van der Waals surface area contributed by atoms with Gasteiger partial charge in [0.25, 0.3) is 5.91 Å². The summed E-state index contributed by atoms with van der Waals surface area (Å²) in [5.41, 5.74) is 1.18. The van der Waals surface area contributed by atoms with Crippen LogP contribution in [0.1, 0.15) is 41.7 Å². The van der Waals surface area contributed by atoms with Gasteiger partial charge in [0.15, 0.2) is 0 Å². The van der Waals surface area contributed by atoms with Gasteiger partial charge in [-0.15, -0.1) is 0 Å². The Morgan fingerprint density at radius 1 is 1.15 bits per heavy atom. The van der Waals surface area contributed by atoms with Crippen molar-refractivity contribution in [2.75, 3.05) is 7.05 Å². The van der Waals surface area contributed by atoms with Gasteiger partial charge in [-0.05, 0) is 61.7 Å². The van der Waals surface area contributed by atoms with Crippen molar-refractivity contribution in [3.8, 4) is 0 Å². The summed E-state index contributed by atoms with van der Waals surface area (Å²) in [5, 5.41) is 1.02. The molecule has 0 saturated heterocycles. The largest absolute Gasteiger partial charge is 0.335 e. The molecular formula is C19H20Cl2N2O3S. The Balaban J connectivity index is 1.76. The number of carbonyl (C=O) groups is 1. The van der Waals surface area contributed by atoms with E-state index < -0.39 is 10.0 Å². The van der Waals surface area contributed by atoms with Gasteiger partial charge >= 0.3 is 0 Å². The highest BCUT2D eigenvalue weighted by molar-refractivity contribution is 7.89. The summed E-state index contributed by atoms with van der Waals surface area (Å²) in [6, 6.07) is 10.9. The van der Waals surface area contributed by atoms with Crippen LogP contribution in [-0.4, -0.2) is 32.3 Å². The minimum Gasteiger partial charge on any atom is -0.335 e. The second-order valence-electron chi connectivity index (χ2n) is 6.68. The first kappa shape index (κ1) is 20.1. The van der Waals surface area contributed by atoms with Gasteiger partial charge in [0.05, 0.1) is 10.9 Å². The van der Waals surface area contributed by atoms with Crippen molar-refractivity contribution >= 4 is 39.1 Å². The molecule has 0 aliphatic heterocycles. The molecule has 0 radical (unpaired) electrons. The van der Waals surface area contributed by atoms with Crippen LogP contribution in [0.3, 0.4) is 0 Å². The lowest BCUT2D eigenvalue weighted by Gasteiger charge is -2.26. The van der Waals surface area contributed by atoms with Gasteiger partial charge in [0.2, 0.25) is 10.0 Å². The molecule has 1 amide bonds. The number of rotatable bonds is 6. The van der Waals surface area contributed by atoms with Crippen LogP contribution in [0.2, 0.25) is 10.0 Å². The quantitative estimate of drug-likeness (QED) is 0.749. The summed E-state index contributed by atoms with van der Waals surface area (Å²) in [6.45, 7) is 1.87. The molecule has 1 saturated carbocycles. The van der Waals surface area contributed by atoms with Crippen molar-refractivity contribution in [2.24, 2.45) is 0 Å². The minimum absolute atomic E-state index is 0.0346. The predicted octanol–water partition coefficient (Wildman–Crippen LogP) is 4.27. The lowest BCUT2D eigenvalue weighted by atomic mass is 10.1. The fraction of sp³-hybridized carbons (Fsp3) is 0.316. The lowest BCUT2D eigenvalue weighted by Crippen LogP contribution is -2.30. The number of nitrogens with one attached hydrogen (secondary N) is 1. The van der Waals surface area contributed by atoms with E-state index in [2.05, 4.69) is 4.72 Å². The minimum atomic E-state index is -3.53. The molecule has 1 N–H and O–H groups in total. The smallest absolute Gasteiger partial charge is 0.254 e. The van der Waals surface area contributed by atoms with E-state index in [9.17, 15) is 13.2 Å². The molecular weight excluding hydrogens is 407 g/mol. The molecule has 1 aliphatic rings. The van der Waals surface area contributed by atoms with E-state index in [4.69, 9.17) is 23.2 Å². The van der Waals surface area contributed by atoms with Crippen LogP contribution >= 0.6 is 23.2 Å². The van der Waals surface area contributed by atoms with E-state index in [0.29, 0.717) is 15.6 Å². The third-order valence-electron chi connectivity index (χ3n) is 4.62. The number of hydrogen-bond acceptors (Lipinski definition) is 3. The zero-order valence-corrected chi connectivity index (χ0v) is 17.3. The van der Waals surface area contributed by atoms with Crippen molar-refractivity contribution in [3.63, 3.8) is 0 Å². The third kappa shape index (κ3) is 4.63. The van der Waals surface area contributed by atoms with E-state index >= 15 is 0 Å². The topological polar surface area (TPSA) is 66.5 Å². The molecule has 1 unspecified atom stereocenters. The highest BCUT2D eigenvalue weighted by Crippen LogP contribution is 2.30. The first-order chi connectivity index (χ1) is 12.7. The molecule has 8 heteroatoms. The fourth-order valence-electron chi connectivity index (χ4n) is 2.69. The van der Waals surface area contributed by atoms with E-state index in [1.807, 2.05) is 6.92 Å². The summed E-state index contributed by atoms with van der Waals surface area (Å²) >= 11 is 12.2. The molecule has 27 heavy (non-hydrogen) atoms. The van der Waals surface area contributed by atoms with Gasteiger partial charge in [0, 0.05) is 28.7 Å². The first-order valence-electron chi connectivity index (χ1n) is 8.53. The standard InChI is InChI=1S/C19H20Cl2N2O3S/c1-12(17-10-5-14(20)11-18(17)21)23(2)19(24)13-3-8-16(9-4-13)27(25,26)22-15-6-7-15/h3-5,8-12,15,22H,6-7H2,1-2H3. The molecule has 144 valence electrons. The van der Waals surface area contributed by atoms with E-state index in [0.717, 1.165) is 18.4 Å². The molecule has 0 aromatic heterocycles. The van der Waals surface area contributed by atoms with Gasteiger partial charge < -0.3 is 4.90 Å². The lowest BCUT2D eigenvalue weighted by molar-refractivity contribution is 0.0742. The zero-order chi connectivity index (χ0) is 19.8. The maximum atomic E-state index is 12.8. The van der Waals surface area contributed by atoms with Crippen LogP contribution in [0.15, 0.2) is 47.4 Å². The molecule has 0 heterocycles. The van der Waals surface area contributed by atoms with Crippen molar-refractivity contribution in [3.05, 3.63) is 63.6 Å². The van der Waals surface area contributed by atoms with Crippen molar-refractivity contribution in [1.29, 1.82) is 0 Å². The predicted molar refractivity (Wildman–Crippen MR) is 107 cm³/mol. The number of halogens is 2. The Morgan fingerprint density at radius 3 is 2.33 bits per heavy atom.